The fourth-order valence-electron chi connectivity index (χ4n) is 12.6. The van der Waals surface area contributed by atoms with E-state index in [4.69, 9.17) is 0 Å². The summed E-state index contributed by atoms with van der Waals surface area (Å²) in [5.41, 5.74) is 47.7. The van der Waals surface area contributed by atoms with Crippen LogP contribution in [0, 0.1) is 173 Å². The zero-order chi connectivity index (χ0) is 49.6. The van der Waals surface area contributed by atoms with E-state index < -0.39 is 0 Å². The monoisotopic (exact) mass is 879 g/mol. The molecule has 0 saturated heterocycles. The number of fused-ring (bicyclic) bond motifs is 3. The zero-order valence-corrected chi connectivity index (χ0v) is 46.5. The number of anilines is 6. The molecule has 6 aromatic carbocycles. The summed E-state index contributed by atoms with van der Waals surface area (Å²) in [4.78, 5) is 5.44. The third-order valence-electron chi connectivity index (χ3n) is 18.9. The van der Waals surface area contributed by atoms with E-state index in [1.54, 1.807) is 0 Å². The lowest BCUT2D eigenvalue weighted by atomic mass is 9.78. The highest BCUT2D eigenvalue weighted by atomic mass is 15.2. The van der Waals surface area contributed by atoms with E-state index in [-0.39, 0.29) is 5.41 Å². The Bertz CT molecular complexity index is 2880. The number of hydrogen-bond donors (Lipinski definition) is 0. The van der Waals surface area contributed by atoms with Gasteiger partial charge in [-0.25, -0.2) is 0 Å². The molecule has 2 nitrogen and oxygen atoms in total. The van der Waals surface area contributed by atoms with E-state index >= 15 is 0 Å². The van der Waals surface area contributed by atoms with E-state index in [0.29, 0.717) is 0 Å². The first-order valence-electron chi connectivity index (χ1n) is 24.7. The van der Waals surface area contributed by atoms with Gasteiger partial charge in [0.15, 0.2) is 0 Å². The molecule has 0 radical (unpaired) electrons. The van der Waals surface area contributed by atoms with Gasteiger partial charge in [0.2, 0.25) is 0 Å². The van der Waals surface area contributed by atoms with Crippen LogP contribution in [0.3, 0.4) is 0 Å². The number of rotatable bonds is 6. The van der Waals surface area contributed by atoms with Crippen molar-refractivity contribution >= 4 is 34.1 Å². The van der Waals surface area contributed by atoms with Crippen LogP contribution in [0.25, 0.3) is 11.1 Å². The molecule has 0 aromatic heterocycles. The summed E-state index contributed by atoms with van der Waals surface area (Å²) in [6.07, 6.45) is 0. The summed E-state index contributed by atoms with van der Waals surface area (Å²) < 4.78 is 0. The predicted molar refractivity (Wildman–Crippen MR) is 292 cm³/mol. The maximum atomic E-state index is 2.73. The smallest absolute Gasteiger partial charge is 0.0526 e. The molecule has 6 aromatic rings. The Morgan fingerprint density at radius 1 is 0.242 bits per heavy atom. The molecule has 0 fully saturated rings. The van der Waals surface area contributed by atoms with E-state index in [2.05, 4.69) is 203 Å². The van der Waals surface area contributed by atoms with E-state index in [0.717, 1.165) is 0 Å². The molecule has 0 atom stereocenters. The van der Waals surface area contributed by atoms with Crippen LogP contribution in [0.15, 0.2) is 6.07 Å². The summed E-state index contributed by atoms with van der Waals surface area (Å²) in [6.45, 7) is 63.8. The van der Waals surface area contributed by atoms with Crippen molar-refractivity contribution in [2.24, 2.45) is 0 Å². The second-order valence-corrected chi connectivity index (χ2v) is 21.7. The molecule has 2 heteroatoms. The Hall–Kier alpha value is -5.08. The van der Waals surface area contributed by atoms with Gasteiger partial charge in [-0.05, 0) is 340 Å². The van der Waals surface area contributed by atoms with Gasteiger partial charge < -0.3 is 9.80 Å². The van der Waals surface area contributed by atoms with Crippen LogP contribution < -0.4 is 9.80 Å². The Morgan fingerprint density at radius 3 is 0.773 bits per heavy atom. The lowest BCUT2D eigenvalue weighted by molar-refractivity contribution is 0.654. The van der Waals surface area contributed by atoms with Crippen molar-refractivity contribution in [2.75, 3.05) is 9.80 Å². The Balaban J connectivity index is 1.64. The average molecular weight is 879 g/mol. The van der Waals surface area contributed by atoms with Gasteiger partial charge in [0, 0.05) is 11.1 Å². The van der Waals surface area contributed by atoms with E-state index in [1.165, 1.54) is 195 Å². The molecule has 7 rings (SSSR count). The average Bonchev–Trinajstić information content (AvgIpc) is 3.52. The molecule has 0 heterocycles. The molecule has 348 valence electrons. The van der Waals surface area contributed by atoms with Crippen LogP contribution in [0.1, 0.15) is 164 Å². The fourth-order valence-corrected chi connectivity index (χ4v) is 12.6. The van der Waals surface area contributed by atoms with Crippen LogP contribution in [-0.2, 0) is 5.41 Å². The highest BCUT2D eigenvalue weighted by molar-refractivity contribution is 5.98. The first kappa shape index (κ1) is 48.8. The molecule has 0 spiro atoms. The maximum absolute atomic E-state index is 2.73. The second-order valence-electron chi connectivity index (χ2n) is 21.7. The molecule has 0 saturated carbocycles. The fraction of sp³-hybridized carbons (Fsp3) is 0.438. The van der Waals surface area contributed by atoms with Crippen LogP contribution in [-0.4, -0.2) is 0 Å². The number of hydrogen-bond acceptors (Lipinski definition) is 2. The highest BCUT2D eigenvalue weighted by Gasteiger charge is 2.43. The zero-order valence-electron chi connectivity index (χ0n) is 46.5. The molecule has 0 bridgehead atoms. The Labute approximate surface area is 401 Å². The van der Waals surface area contributed by atoms with Crippen LogP contribution in [0.2, 0.25) is 0 Å². The van der Waals surface area contributed by atoms with Crippen molar-refractivity contribution in [1.29, 1.82) is 0 Å². The maximum Gasteiger partial charge on any atom is 0.0526 e. The summed E-state index contributed by atoms with van der Waals surface area (Å²) in [6, 6.07) is 2.62. The lowest BCUT2D eigenvalue weighted by Gasteiger charge is -2.38. The quantitative estimate of drug-likeness (QED) is 0.164. The minimum atomic E-state index is -0.286. The molecule has 0 aliphatic heterocycles. The lowest BCUT2D eigenvalue weighted by Crippen LogP contribution is -2.24. The normalized spacial score (nSPS) is 12.9. The van der Waals surface area contributed by atoms with Gasteiger partial charge in [0.1, 0.15) is 0 Å². The Morgan fingerprint density at radius 2 is 0.470 bits per heavy atom. The van der Waals surface area contributed by atoms with Gasteiger partial charge in [-0.3, -0.25) is 0 Å². The molecule has 1 aliphatic carbocycles. The van der Waals surface area contributed by atoms with Crippen molar-refractivity contribution in [3.05, 3.63) is 156 Å². The molecular weight excluding hydrogens is 797 g/mol. The Kier molecular flexibility index (Phi) is 12.1. The number of benzene rings is 6. The molecule has 0 unspecified atom stereocenters. The largest absolute Gasteiger partial charge is 0.309 e. The minimum absolute atomic E-state index is 0.286. The van der Waals surface area contributed by atoms with E-state index in [9.17, 15) is 0 Å². The topological polar surface area (TPSA) is 6.48 Å². The van der Waals surface area contributed by atoms with Crippen LogP contribution >= 0.6 is 0 Å². The van der Waals surface area contributed by atoms with Crippen molar-refractivity contribution in [2.45, 2.75) is 192 Å². The van der Waals surface area contributed by atoms with Crippen LogP contribution in [0.4, 0.5) is 34.1 Å². The van der Waals surface area contributed by atoms with Crippen molar-refractivity contribution in [3.8, 4) is 11.1 Å². The summed E-state index contributed by atoms with van der Waals surface area (Å²) in [7, 11) is 0. The minimum Gasteiger partial charge on any atom is -0.309 e. The molecule has 1 aliphatic rings. The summed E-state index contributed by atoms with van der Waals surface area (Å²) in [5.74, 6) is 0. The number of nitrogens with zero attached hydrogens (tertiary/aromatic N) is 2. The van der Waals surface area contributed by atoms with Gasteiger partial charge in [-0.15, -0.1) is 0 Å². The molecule has 0 amide bonds. The second kappa shape index (κ2) is 16.3. The van der Waals surface area contributed by atoms with Crippen molar-refractivity contribution < 1.29 is 0 Å². The van der Waals surface area contributed by atoms with Crippen molar-refractivity contribution in [1.82, 2.24) is 0 Å². The molecule has 66 heavy (non-hydrogen) atoms. The SMILES string of the molecule is Cc1c(N(c2c(C)c(C)c(C)c(C)c2C)c2c(C)c(C)c(C)c(C)c2C)cc2c(c1C)-c1c(C)c(C)c(N(c3c(C)c(C)c(C)c(C)c3C)c3c(C)c(C)c(C)c(C)c3C)c(C)c1C2(C)C. The third-order valence-corrected chi connectivity index (χ3v) is 18.9. The van der Waals surface area contributed by atoms with Gasteiger partial charge in [0.25, 0.3) is 0 Å². The molecule has 0 N–H and O–H groups in total. The summed E-state index contributed by atoms with van der Waals surface area (Å²) >= 11 is 0. The standard InChI is InChI=1S/C64H82N2/c1-29-33(5)44(16)59(45(17)34(29)6)65(60-46(18)35(7)30(2)36(8)47(60)19)55-28-54-56(42(14)41(55)13)57-43(15)52(24)63(53(25)58(57)64(54,26)27)66(61-48(20)37(9)31(3)38(10)49(61)21)62-50(22)39(11)32(4)40(12)51(62)23/h28H,1-27H3. The van der Waals surface area contributed by atoms with Gasteiger partial charge in [0.05, 0.1) is 28.4 Å². The first-order valence-corrected chi connectivity index (χ1v) is 24.7. The summed E-state index contributed by atoms with van der Waals surface area (Å²) in [5, 5.41) is 0. The van der Waals surface area contributed by atoms with E-state index in [1.807, 2.05) is 0 Å². The van der Waals surface area contributed by atoms with Crippen LogP contribution in [0.5, 0.6) is 0 Å². The third kappa shape index (κ3) is 6.46. The van der Waals surface area contributed by atoms with Gasteiger partial charge >= 0.3 is 0 Å². The highest BCUT2D eigenvalue weighted by Crippen LogP contribution is 2.60. The molecular formula is C64H82N2. The first-order chi connectivity index (χ1) is 30.5. The van der Waals surface area contributed by atoms with Gasteiger partial charge in [-0.2, -0.15) is 0 Å². The predicted octanol–water partition coefficient (Wildman–Crippen LogP) is 18.6. The van der Waals surface area contributed by atoms with Crippen molar-refractivity contribution in [3.63, 3.8) is 0 Å². The van der Waals surface area contributed by atoms with Gasteiger partial charge in [-0.1, -0.05) is 13.8 Å².